The second-order valence-electron chi connectivity index (χ2n) is 10.6. The summed E-state index contributed by atoms with van der Waals surface area (Å²) in [7, 11) is 0. The summed E-state index contributed by atoms with van der Waals surface area (Å²) in [5, 5.41) is 18.9. The summed E-state index contributed by atoms with van der Waals surface area (Å²) < 4.78 is 81.0. The zero-order chi connectivity index (χ0) is 27.5. The van der Waals surface area contributed by atoms with Crippen molar-refractivity contribution in [2.75, 3.05) is 6.54 Å². The first-order valence-corrected chi connectivity index (χ1v) is 13.3. The molecule has 2 saturated carbocycles. The Bertz CT molecular complexity index is 930. The lowest BCUT2D eigenvalue weighted by Gasteiger charge is -2.28. The smallest absolute Gasteiger partial charge is 0.410 e. The van der Waals surface area contributed by atoms with E-state index in [9.17, 15) is 31.9 Å². The number of nitrogens with one attached hydrogen (secondary N) is 3. The summed E-state index contributed by atoms with van der Waals surface area (Å²) >= 11 is 0. The highest BCUT2D eigenvalue weighted by Crippen LogP contribution is 2.41. The number of halogens is 5. The maximum Gasteiger partial charge on any atom is 0.410 e. The Hall–Kier alpha value is -2.02. The highest BCUT2D eigenvalue weighted by Gasteiger charge is 2.49. The molecule has 4 N–H and O–H groups in total. The second kappa shape index (κ2) is 12.0. The number of carbonyl (C=O) groups is 1. The van der Waals surface area contributed by atoms with Crippen LogP contribution in [0.15, 0.2) is 24.3 Å². The van der Waals surface area contributed by atoms with Gasteiger partial charge in [-0.05, 0) is 68.7 Å². The quantitative estimate of drug-likeness (QED) is 0.175. The van der Waals surface area contributed by atoms with Gasteiger partial charge in [0.25, 0.3) is 0 Å². The highest BCUT2D eigenvalue weighted by atomic mass is 19.3. The average molecular weight is 550 g/mol. The number of aliphatic hydroxyl groups excluding tert-OH is 1. The number of epoxide rings is 1. The molecule has 4 rings (SSSR count). The van der Waals surface area contributed by atoms with E-state index in [0.29, 0.717) is 12.5 Å². The van der Waals surface area contributed by atoms with E-state index in [1.54, 1.807) is 6.92 Å². The molecule has 1 saturated heterocycles. The first kappa shape index (κ1) is 29.0. The summed E-state index contributed by atoms with van der Waals surface area (Å²) in [6, 6.07) is 2.20. The van der Waals surface area contributed by atoms with Gasteiger partial charge in [-0.3, -0.25) is 15.4 Å². The zero-order valence-electron chi connectivity index (χ0n) is 21.3. The zero-order valence-corrected chi connectivity index (χ0v) is 21.3. The van der Waals surface area contributed by atoms with E-state index < -0.39 is 67.4 Å². The Morgan fingerprint density at radius 1 is 1.16 bits per heavy atom. The summed E-state index contributed by atoms with van der Waals surface area (Å²) in [6.45, 7) is 0.589. The fourth-order valence-corrected chi connectivity index (χ4v) is 4.42. The molecule has 0 aromatic heterocycles. The number of amides is 1. The van der Waals surface area contributed by atoms with Crippen LogP contribution in [0.25, 0.3) is 0 Å². The lowest BCUT2D eigenvalue weighted by atomic mass is 10.0. The minimum absolute atomic E-state index is 0.0472. The van der Waals surface area contributed by atoms with Crippen LogP contribution in [0.5, 0.6) is 5.75 Å². The van der Waals surface area contributed by atoms with Crippen molar-refractivity contribution in [3.8, 4) is 5.75 Å². The first-order valence-electron chi connectivity index (χ1n) is 13.3. The van der Waals surface area contributed by atoms with Gasteiger partial charge in [-0.25, -0.2) is 13.2 Å². The SMILES string of the molecule is CCC(NC(=O)C(CCC(F)(F)CC1CC1)NCC(F)(F)Oc1ccc(F)cc1)C(O)C1OC1NC1CC1. The van der Waals surface area contributed by atoms with Gasteiger partial charge in [0.15, 0.2) is 0 Å². The summed E-state index contributed by atoms with van der Waals surface area (Å²) in [4.78, 5) is 13.1. The maximum absolute atomic E-state index is 14.5. The van der Waals surface area contributed by atoms with Crippen LogP contribution < -0.4 is 20.7 Å². The molecule has 3 aliphatic rings. The van der Waals surface area contributed by atoms with Crippen LogP contribution in [-0.2, 0) is 9.53 Å². The van der Waals surface area contributed by atoms with Crippen LogP contribution in [0.3, 0.4) is 0 Å². The predicted molar refractivity (Wildman–Crippen MR) is 128 cm³/mol. The van der Waals surface area contributed by atoms with Gasteiger partial charge in [0.1, 0.15) is 36.5 Å². The Morgan fingerprint density at radius 2 is 1.84 bits per heavy atom. The number of ether oxygens (including phenoxy) is 2. The maximum atomic E-state index is 14.5. The number of hydrogen-bond donors (Lipinski definition) is 4. The van der Waals surface area contributed by atoms with Crippen molar-refractivity contribution in [3.05, 3.63) is 30.1 Å². The largest absolute Gasteiger partial charge is 0.432 e. The van der Waals surface area contributed by atoms with Crippen molar-refractivity contribution < 1.29 is 41.3 Å². The Morgan fingerprint density at radius 3 is 2.45 bits per heavy atom. The van der Waals surface area contributed by atoms with Gasteiger partial charge in [-0.15, -0.1) is 0 Å². The topological polar surface area (TPSA) is 95.2 Å². The van der Waals surface area contributed by atoms with Crippen LogP contribution in [0.2, 0.25) is 0 Å². The van der Waals surface area contributed by atoms with Crippen LogP contribution in [-0.4, -0.2) is 66.2 Å². The molecule has 12 heteroatoms. The highest BCUT2D eigenvalue weighted by molar-refractivity contribution is 5.82. The standard InChI is InChI=1S/C26H36F5N3O4/c1-2-19(21(35)22-24(37-22)33-17-7-8-17)34-23(36)20(11-12-25(28,29)13-15-3-4-15)32-14-26(30,31)38-18-9-5-16(27)6-10-18/h5-6,9-10,15,17,19-22,24,32-33,35H,2-4,7-8,11-14H2,1H3,(H,34,36). The molecule has 0 radical (unpaired) electrons. The summed E-state index contributed by atoms with van der Waals surface area (Å²) in [5.41, 5.74) is 0. The third kappa shape index (κ3) is 9.03. The molecule has 3 fully saturated rings. The lowest BCUT2D eigenvalue weighted by Crippen LogP contribution is -2.54. The summed E-state index contributed by atoms with van der Waals surface area (Å²) in [5.74, 6) is -4.76. The monoisotopic (exact) mass is 549 g/mol. The number of alkyl halides is 4. The Balaban J connectivity index is 1.35. The van der Waals surface area contributed by atoms with Crippen molar-refractivity contribution in [2.24, 2.45) is 5.92 Å². The fourth-order valence-electron chi connectivity index (χ4n) is 4.42. The molecule has 38 heavy (non-hydrogen) atoms. The van der Waals surface area contributed by atoms with E-state index in [0.717, 1.165) is 49.9 Å². The van der Waals surface area contributed by atoms with E-state index in [1.807, 2.05) is 0 Å². The van der Waals surface area contributed by atoms with E-state index in [2.05, 4.69) is 20.7 Å². The van der Waals surface area contributed by atoms with Crippen LogP contribution in [0.1, 0.15) is 58.3 Å². The van der Waals surface area contributed by atoms with Crippen molar-refractivity contribution in [1.82, 2.24) is 16.0 Å². The van der Waals surface area contributed by atoms with Gasteiger partial charge in [-0.1, -0.05) is 6.92 Å². The molecular weight excluding hydrogens is 513 g/mol. The number of hydrogen-bond acceptors (Lipinski definition) is 6. The van der Waals surface area contributed by atoms with Crippen molar-refractivity contribution in [1.29, 1.82) is 0 Å². The molecule has 1 aromatic rings. The van der Waals surface area contributed by atoms with E-state index in [-0.39, 0.29) is 24.3 Å². The number of benzene rings is 1. The molecule has 1 amide bonds. The van der Waals surface area contributed by atoms with Gasteiger partial charge in [0, 0.05) is 18.9 Å². The fraction of sp³-hybridized carbons (Fsp3) is 0.731. The number of aliphatic hydroxyl groups is 1. The predicted octanol–water partition coefficient (Wildman–Crippen LogP) is 3.70. The Kier molecular flexibility index (Phi) is 9.16. The van der Waals surface area contributed by atoms with Crippen LogP contribution in [0.4, 0.5) is 22.0 Å². The van der Waals surface area contributed by atoms with Gasteiger partial charge < -0.3 is 19.9 Å². The van der Waals surface area contributed by atoms with Gasteiger partial charge in [-0.2, -0.15) is 8.78 Å². The van der Waals surface area contributed by atoms with Crippen LogP contribution in [0, 0.1) is 11.7 Å². The average Bonchev–Trinajstić information content (AvgIpc) is 3.70. The third-order valence-corrected chi connectivity index (χ3v) is 7.05. The first-order chi connectivity index (χ1) is 17.9. The molecule has 7 nitrogen and oxygen atoms in total. The molecule has 2 aliphatic carbocycles. The molecule has 0 spiro atoms. The number of rotatable bonds is 17. The van der Waals surface area contributed by atoms with E-state index in [1.165, 1.54) is 0 Å². The van der Waals surface area contributed by atoms with Crippen molar-refractivity contribution >= 4 is 5.91 Å². The Labute approximate surface area is 218 Å². The molecule has 0 bridgehead atoms. The van der Waals surface area contributed by atoms with Crippen molar-refractivity contribution in [3.63, 3.8) is 0 Å². The molecule has 1 heterocycles. The van der Waals surface area contributed by atoms with Gasteiger partial charge in [0.05, 0.1) is 12.1 Å². The molecule has 214 valence electrons. The summed E-state index contributed by atoms with van der Waals surface area (Å²) in [6.07, 6.45) is -3.19. The molecular formula is C26H36F5N3O4. The molecule has 1 aliphatic heterocycles. The lowest BCUT2D eigenvalue weighted by molar-refractivity contribution is -0.173. The van der Waals surface area contributed by atoms with Crippen LogP contribution >= 0.6 is 0 Å². The minimum Gasteiger partial charge on any atom is -0.432 e. The molecule has 1 aromatic carbocycles. The second-order valence-corrected chi connectivity index (χ2v) is 10.6. The van der Waals surface area contributed by atoms with E-state index in [4.69, 9.17) is 4.74 Å². The van der Waals surface area contributed by atoms with Gasteiger partial charge in [0.2, 0.25) is 11.8 Å². The van der Waals surface area contributed by atoms with E-state index >= 15 is 0 Å². The van der Waals surface area contributed by atoms with Crippen molar-refractivity contribution in [2.45, 2.75) is 107 Å². The van der Waals surface area contributed by atoms with Gasteiger partial charge >= 0.3 is 6.11 Å². The number of carbonyl (C=O) groups excluding carboxylic acids is 1. The third-order valence-electron chi connectivity index (χ3n) is 7.05. The minimum atomic E-state index is -3.81. The molecule has 5 unspecified atom stereocenters. The normalized spacial score (nSPS) is 24.0. The molecule has 5 atom stereocenters.